The largest absolute Gasteiger partial charge is 0.292 e. The first kappa shape index (κ1) is 30.8. The molecule has 0 saturated carbocycles. The van der Waals surface area contributed by atoms with Gasteiger partial charge in [0.05, 0.1) is 11.4 Å². The first-order valence-corrected chi connectivity index (χ1v) is 17.7. The molecule has 244 valence electrons. The van der Waals surface area contributed by atoms with Gasteiger partial charge in [0, 0.05) is 34.9 Å². The second kappa shape index (κ2) is 12.6. The number of aliphatic imine (C=N–C) groups is 1. The molecule has 9 rings (SSSR count). The molecular weight excluding hydrogens is 619 g/mol. The first-order valence-electron chi connectivity index (χ1n) is 17.7. The molecule has 1 aliphatic heterocycles. The molecule has 1 aromatic heterocycles. The minimum absolute atomic E-state index is 0.0337. The van der Waals surface area contributed by atoms with Gasteiger partial charge in [-0.15, -0.1) is 0 Å². The number of hydrogen-bond acceptors (Lipinski definition) is 3. The van der Waals surface area contributed by atoms with E-state index in [9.17, 15) is 0 Å². The van der Waals surface area contributed by atoms with Crippen LogP contribution in [0.2, 0.25) is 0 Å². The summed E-state index contributed by atoms with van der Waals surface area (Å²) in [5.41, 5.74) is 17.4. The van der Waals surface area contributed by atoms with Crippen LogP contribution in [0.25, 0.3) is 72.9 Å². The molecule has 0 bridgehead atoms. The molecule has 3 heteroatoms. The summed E-state index contributed by atoms with van der Waals surface area (Å²) in [5, 5.41) is 0. The third kappa shape index (κ3) is 5.71. The third-order valence-electron chi connectivity index (χ3n) is 10.4. The van der Waals surface area contributed by atoms with Gasteiger partial charge in [0.1, 0.15) is 0 Å². The van der Waals surface area contributed by atoms with Crippen molar-refractivity contribution in [2.75, 3.05) is 6.54 Å². The van der Waals surface area contributed by atoms with Crippen LogP contribution in [0, 0.1) is 0 Å². The third-order valence-corrected chi connectivity index (χ3v) is 10.4. The zero-order valence-corrected chi connectivity index (χ0v) is 28.8. The molecule has 3 nitrogen and oxygen atoms in total. The molecule has 7 aromatic rings. The molecule has 51 heavy (non-hydrogen) atoms. The summed E-state index contributed by atoms with van der Waals surface area (Å²) in [4.78, 5) is 14.7. The van der Waals surface area contributed by atoms with Gasteiger partial charge < -0.3 is 0 Å². The molecule has 0 N–H and O–H groups in total. The fraction of sp³-hybridized carbons (Fsp3) is 0.104. The molecule has 0 spiro atoms. The summed E-state index contributed by atoms with van der Waals surface area (Å²) in [6.07, 6.45) is 5.21. The minimum atomic E-state index is -0.0337. The predicted octanol–water partition coefficient (Wildman–Crippen LogP) is 12.0. The highest BCUT2D eigenvalue weighted by Crippen LogP contribution is 2.49. The van der Waals surface area contributed by atoms with Crippen LogP contribution in [0.15, 0.2) is 163 Å². The van der Waals surface area contributed by atoms with Gasteiger partial charge in [0.15, 0.2) is 5.82 Å². The lowest BCUT2D eigenvalue weighted by Crippen LogP contribution is -2.14. The zero-order chi connectivity index (χ0) is 34.4. The number of rotatable bonds is 6. The highest BCUT2D eigenvalue weighted by atomic mass is 14.9. The fourth-order valence-corrected chi connectivity index (χ4v) is 7.57. The van der Waals surface area contributed by atoms with E-state index in [1.54, 1.807) is 0 Å². The van der Waals surface area contributed by atoms with Crippen LogP contribution in [0.4, 0.5) is 0 Å². The number of nitrogens with zero attached hydrogens (tertiary/aromatic N) is 3. The van der Waals surface area contributed by atoms with Gasteiger partial charge in [0.2, 0.25) is 0 Å². The standard InChI is InChI=1S/C48H37N3/c1-48(2)43-13-7-6-12-41(43)42-27-26-39(29-44(42)48)34-14-20-36(21-15-34)45-30-46(37-22-16-35(17-23-37)40-11-8-28-49-31-40)51-47(50-45)38-24-18-33(19-25-38)32-9-4-3-5-10-32/h3-7,9-27,29-31H,8,28H2,1-2H3. The Kier molecular flexibility index (Phi) is 7.62. The lowest BCUT2D eigenvalue weighted by molar-refractivity contribution is 0.660. The van der Waals surface area contributed by atoms with E-state index in [4.69, 9.17) is 9.97 Å². The van der Waals surface area contributed by atoms with Crippen LogP contribution in [-0.4, -0.2) is 22.7 Å². The second-order valence-electron chi connectivity index (χ2n) is 14.0. The fourth-order valence-electron chi connectivity index (χ4n) is 7.57. The summed E-state index contributed by atoms with van der Waals surface area (Å²) < 4.78 is 0. The van der Waals surface area contributed by atoms with Crippen molar-refractivity contribution in [3.8, 4) is 67.3 Å². The molecule has 6 aromatic carbocycles. The summed E-state index contributed by atoms with van der Waals surface area (Å²) >= 11 is 0. The van der Waals surface area contributed by atoms with E-state index in [1.165, 1.54) is 55.6 Å². The Balaban J connectivity index is 1.08. The van der Waals surface area contributed by atoms with Crippen LogP contribution in [0.1, 0.15) is 37.0 Å². The van der Waals surface area contributed by atoms with Crippen molar-refractivity contribution in [2.45, 2.75) is 25.7 Å². The predicted molar refractivity (Wildman–Crippen MR) is 213 cm³/mol. The zero-order valence-electron chi connectivity index (χ0n) is 28.8. The number of allylic oxidation sites excluding steroid dienone is 1. The van der Waals surface area contributed by atoms with Crippen LogP contribution >= 0.6 is 0 Å². The van der Waals surface area contributed by atoms with E-state index in [-0.39, 0.29) is 5.41 Å². The maximum Gasteiger partial charge on any atom is 0.160 e. The first-order chi connectivity index (χ1) is 25.0. The van der Waals surface area contributed by atoms with Gasteiger partial charge in [-0.25, -0.2) is 9.97 Å². The molecular formula is C48H37N3. The Bertz CT molecular complexity index is 2450. The quantitative estimate of drug-likeness (QED) is 0.179. The van der Waals surface area contributed by atoms with Crippen molar-refractivity contribution < 1.29 is 0 Å². The smallest absolute Gasteiger partial charge is 0.160 e. The SMILES string of the molecule is CC1(C)c2ccccc2-c2ccc(-c3ccc(-c4cc(-c5ccc(C6=CCCN=C6)cc5)nc(-c5ccc(-c6ccccc6)cc5)n4)cc3)cc21. The van der Waals surface area contributed by atoms with Gasteiger partial charge in [-0.3, -0.25) is 4.99 Å². The number of benzene rings is 6. The maximum atomic E-state index is 5.15. The maximum absolute atomic E-state index is 5.15. The van der Waals surface area contributed by atoms with Crippen molar-refractivity contribution in [3.63, 3.8) is 0 Å². The lowest BCUT2D eigenvalue weighted by Gasteiger charge is -2.22. The van der Waals surface area contributed by atoms with E-state index in [2.05, 4.69) is 171 Å². The lowest BCUT2D eigenvalue weighted by atomic mass is 9.81. The summed E-state index contributed by atoms with van der Waals surface area (Å²) in [5.74, 6) is 0.706. The molecule has 0 fully saturated rings. The van der Waals surface area contributed by atoms with Crippen molar-refractivity contribution in [1.29, 1.82) is 0 Å². The van der Waals surface area contributed by atoms with Crippen LogP contribution < -0.4 is 0 Å². The van der Waals surface area contributed by atoms with E-state index >= 15 is 0 Å². The highest BCUT2D eigenvalue weighted by molar-refractivity contribution is 6.10. The van der Waals surface area contributed by atoms with Crippen molar-refractivity contribution in [1.82, 2.24) is 9.97 Å². The van der Waals surface area contributed by atoms with Crippen molar-refractivity contribution >= 4 is 11.8 Å². The average molecular weight is 656 g/mol. The Morgan fingerprint density at radius 2 is 0.980 bits per heavy atom. The van der Waals surface area contributed by atoms with Gasteiger partial charge in [-0.1, -0.05) is 159 Å². The van der Waals surface area contributed by atoms with E-state index in [1.807, 2.05) is 12.3 Å². The van der Waals surface area contributed by atoms with E-state index in [0.29, 0.717) is 5.82 Å². The van der Waals surface area contributed by atoms with Crippen molar-refractivity contribution in [2.24, 2.45) is 4.99 Å². The van der Waals surface area contributed by atoms with E-state index in [0.717, 1.165) is 41.0 Å². The molecule has 2 heterocycles. The minimum Gasteiger partial charge on any atom is -0.292 e. The van der Waals surface area contributed by atoms with Crippen LogP contribution in [0.5, 0.6) is 0 Å². The van der Waals surface area contributed by atoms with Gasteiger partial charge in [-0.05, 0) is 74.2 Å². The Hall–Kier alpha value is -6.19. The molecule has 0 saturated heterocycles. The Labute approximate surface area is 299 Å². The molecule has 0 radical (unpaired) electrons. The Morgan fingerprint density at radius 1 is 0.451 bits per heavy atom. The number of hydrogen-bond donors (Lipinski definition) is 0. The molecule has 1 aliphatic carbocycles. The topological polar surface area (TPSA) is 38.1 Å². The number of dihydropyridines is 1. The molecule has 0 amide bonds. The average Bonchev–Trinajstić information content (AvgIpc) is 3.44. The highest BCUT2D eigenvalue weighted by Gasteiger charge is 2.35. The number of aromatic nitrogens is 2. The molecule has 0 atom stereocenters. The van der Waals surface area contributed by atoms with Gasteiger partial charge in [-0.2, -0.15) is 0 Å². The normalized spacial score (nSPS) is 14.1. The summed E-state index contributed by atoms with van der Waals surface area (Å²) in [7, 11) is 0. The van der Waals surface area contributed by atoms with Crippen molar-refractivity contribution in [3.05, 3.63) is 174 Å². The molecule has 2 aliphatic rings. The Morgan fingerprint density at radius 3 is 1.65 bits per heavy atom. The number of fused-ring (bicyclic) bond motifs is 3. The molecule has 0 unspecified atom stereocenters. The van der Waals surface area contributed by atoms with Gasteiger partial charge in [0.25, 0.3) is 0 Å². The second-order valence-corrected chi connectivity index (χ2v) is 14.0. The monoisotopic (exact) mass is 655 g/mol. The van der Waals surface area contributed by atoms with E-state index < -0.39 is 0 Å². The summed E-state index contributed by atoms with van der Waals surface area (Å²) in [6.45, 7) is 5.53. The van der Waals surface area contributed by atoms with Crippen LogP contribution in [-0.2, 0) is 5.41 Å². The van der Waals surface area contributed by atoms with Crippen LogP contribution in [0.3, 0.4) is 0 Å². The summed E-state index contributed by atoms with van der Waals surface area (Å²) in [6, 6.07) is 54.3. The van der Waals surface area contributed by atoms with Gasteiger partial charge >= 0.3 is 0 Å².